The van der Waals surface area contributed by atoms with Crippen LogP contribution in [0.5, 0.6) is 0 Å². The molecule has 1 rings (SSSR count). The molecule has 2 atom stereocenters. The molecule has 1 amide bonds. The number of carbonyl (C=O) groups excluding carboxylic acids is 1. The van der Waals surface area contributed by atoms with Gasteiger partial charge >= 0.3 is 5.97 Å². The smallest absolute Gasteiger partial charge is 0.326 e. The van der Waals surface area contributed by atoms with Crippen LogP contribution >= 0.6 is 0 Å². The zero-order chi connectivity index (χ0) is 16.7. The maximum absolute atomic E-state index is 12.2. The summed E-state index contributed by atoms with van der Waals surface area (Å²) in [6.45, 7) is 6.34. The van der Waals surface area contributed by atoms with Crippen LogP contribution in [-0.4, -0.2) is 40.5 Å². The van der Waals surface area contributed by atoms with Crippen LogP contribution in [0.15, 0.2) is 11.8 Å². The van der Waals surface area contributed by atoms with Crippen LogP contribution in [0.1, 0.15) is 46.5 Å². The number of likely N-dealkylation sites (tertiary alicyclic amines) is 1. The van der Waals surface area contributed by atoms with Gasteiger partial charge in [-0.15, -0.1) is 0 Å². The average molecular weight is 307 g/mol. The first-order chi connectivity index (χ1) is 10.4. The molecule has 0 aromatic heterocycles. The number of carbonyl (C=O) groups is 2. The van der Waals surface area contributed by atoms with Gasteiger partial charge in [-0.05, 0) is 31.6 Å². The van der Waals surface area contributed by atoms with Crippen LogP contribution in [0.2, 0.25) is 0 Å². The van der Waals surface area contributed by atoms with Crippen molar-refractivity contribution in [2.75, 3.05) is 6.54 Å². The van der Waals surface area contributed by atoms with Gasteiger partial charge in [0.2, 0.25) is 0 Å². The van der Waals surface area contributed by atoms with Crippen LogP contribution in [0.4, 0.5) is 0 Å². The molecule has 0 aromatic rings. The monoisotopic (exact) mass is 307 g/mol. The molecule has 2 N–H and O–H groups in total. The molecule has 1 heterocycles. The predicted molar refractivity (Wildman–Crippen MR) is 82.7 cm³/mol. The van der Waals surface area contributed by atoms with E-state index < -0.39 is 17.9 Å². The van der Waals surface area contributed by atoms with E-state index >= 15 is 0 Å². The summed E-state index contributed by atoms with van der Waals surface area (Å²) in [6, 6.07) is 1.24. The Morgan fingerprint density at radius 2 is 2.14 bits per heavy atom. The summed E-state index contributed by atoms with van der Waals surface area (Å²) in [5.74, 6) is -1.96. The summed E-state index contributed by atoms with van der Waals surface area (Å²) in [6.07, 6.45) is 5.79. The molecule has 122 valence electrons. The Bertz CT molecular complexity index is 480. The topological polar surface area (TPSA) is 93.4 Å². The van der Waals surface area contributed by atoms with Crippen LogP contribution in [0, 0.1) is 17.2 Å². The van der Waals surface area contributed by atoms with E-state index in [1.807, 2.05) is 11.0 Å². The normalized spacial score (nSPS) is 20.4. The van der Waals surface area contributed by atoms with Crippen LogP contribution < -0.4 is 5.32 Å². The van der Waals surface area contributed by atoms with E-state index in [9.17, 15) is 14.9 Å². The molecule has 0 saturated carbocycles. The number of carboxylic acids is 1. The first-order valence-electron chi connectivity index (χ1n) is 7.82. The third-order valence-electron chi connectivity index (χ3n) is 4.02. The van der Waals surface area contributed by atoms with Crippen molar-refractivity contribution in [2.24, 2.45) is 5.92 Å². The summed E-state index contributed by atoms with van der Waals surface area (Å²) in [5, 5.41) is 20.8. The van der Waals surface area contributed by atoms with Gasteiger partial charge in [-0.25, -0.2) is 4.79 Å². The van der Waals surface area contributed by atoms with Gasteiger partial charge in [0.05, 0.1) is 0 Å². The highest BCUT2D eigenvalue weighted by molar-refractivity contribution is 5.99. The van der Waals surface area contributed by atoms with Gasteiger partial charge in [0.1, 0.15) is 17.7 Å². The van der Waals surface area contributed by atoms with Crippen molar-refractivity contribution < 1.29 is 14.7 Å². The van der Waals surface area contributed by atoms with Crippen molar-refractivity contribution in [1.82, 2.24) is 10.2 Å². The number of piperidine rings is 1. The molecule has 0 bridgehead atoms. The molecule has 6 heteroatoms. The first kappa shape index (κ1) is 18.0. The number of nitrogens with zero attached hydrogens (tertiary/aromatic N) is 2. The summed E-state index contributed by atoms with van der Waals surface area (Å²) >= 11 is 0. The number of hydrogen-bond acceptors (Lipinski definition) is 4. The highest BCUT2D eigenvalue weighted by Gasteiger charge is 2.26. The van der Waals surface area contributed by atoms with E-state index in [2.05, 4.69) is 12.2 Å². The van der Waals surface area contributed by atoms with E-state index in [4.69, 9.17) is 5.11 Å². The largest absolute Gasteiger partial charge is 0.480 e. The lowest BCUT2D eigenvalue weighted by Crippen LogP contribution is -2.45. The second-order valence-electron chi connectivity index (χ2n) is 5.98. The molecule has 6 nitrogen and oxygen atoms in total. The summed E-state index contributed by atoms with van der Waals surface area (Å²) in [5.41, 5.74) is -0.0350. The molecule has 0 aromatic carbocycles. The van der Waals surface area contributed by atoms with Gasteiger partial charge in [-0.3, -0.25) is 4.79 Å². The standard InChI is InChI=1S/C16H25N3O3/c1-4-13-7-5-6-8-19(13)10-12(9-17)15(20)18-14(11(2)3)16(21)22/h10-11,13-14H,4-8H2,1-3H3,(H,18,20)(H,21,22)/b12-10-. The number of rotatable bonds is 6. The molecule has 0 aliphatic carbocycles. The number of carboxylic acid groups (broad SMARTS) is 1. The van der Waals surface area contributed by atoms with E-state index in [0.29, 0.717) is 6.04 Å². The van der Waals surface area contributed by atoms with Crippen LogP contribution in [0.25, 0.3) is 0 Å². The molecule has 1 saturated heterocycles. The zero-order valence-corrected chi connectivity index (χ0v) is 13.5. The van der Waals surface area contributed by atoms with Gasteiger partial charge < -0.3 is 15.3 Å². The Kier molecular flexibility index (Phi) is 6.90. The van der Waals surface area contributed by atoms with E-state index in [1.54, 1.807) is 20.0 Å². The Morgan fingerprint density at radius 3 is 2.64 bits per heavy atom. The minimum absolute atomic E-state index is 0.0350. The SMILES string of the molecule is CCC1CCCCN1/C=C(/C#N)C(=O)NC(C(=O)O)C(C)C. The van der Waals surface area contributed by atoms with Crippen molar-refractivity contribution in [2.45, 2.75) is 58.5 Å². The molecule has 0 spiro atoms. The molecule has 22 heavy (non-hydrogen) atoms. The van der Waals surface area contributed by atoms with Gasteiger partial charge in [0.15, 0.2) is 0 Å². The van der Waals surface area contributed by atoms with Crippen molar-refractivity contribution in [1.29, 1.82) is 5.26 Å². The van der Waals surface area contributed by atoms with E-state index in [0.717, 1.165) is 32.2 Å². The molecular weight excluding hydrogens is 282 g/mol. The maximum atomic E-state index is 12.2. The Hall–Kier alpha value is -2.03. The summed E-state index contributed by atoms with van der Waals surface area (Å²) < 4.78 is 0. The van der Waals surface area contributed by atoms with Gasteiger partial charge in [-0.1, -0.05) is 20.8 Å². The highest BCUT2D eigenvalue weighted by Crippen LogP contribution is 2.20. The zero-order valence-electron chi connectivity index (χ0n) is 13.5. The van der Waals surface area contributed by atoms with E-state index in [1.165, 1.54) is 0 Å². The van der Waals surface area contributed by atoms with E-state index in [-0.39, 0.29) is 11.5 Å². The fourth-order valence-electron chi connectivity index (χ4n) is 2.67. The lowest BCUT2D eigenvalue weighted by atomic mass is 10.00. The number of hydrogen-bond donors (Lipinski definition) is 2. The van der Waals surface area contributed by atoms with Crippen LogP contribution in [0.3, 0.4) is 0 Å². The molecule has 1 aliphatic rings. The van der Waals surface area contributed by atoms with Crippen molar-refractivity contribution >= 4 is 11.9 Å². The Labute approximate surface area is 131 Å². The van der Waals surface area contributed by atoms with Gasteiger partial charge in [-0.2, -0.15) is 5.26 Å². The fourth-order valence-corrected chi connectivity index (χ4v) is 2.67. The quantitative estimate of drug-likeness (QED) is 0.577. The lowest BCUT2D eigenvalue weighted by molar-refractivity contribution is -0.142. The van der Waals surface area contributed by atoms with Crippen molar-refractivity contribution in [3.63, 3.8) is 0 Å². The summed E-state index contributed by atoms with van der Waals surface area (Å²) in [7, 11) is 0. The second-order valence-corrected chi connectivity index (χ2v) is 5.98. The molecule has 1 fully saturated rings. The van der Waals surface area contributed by atoms with Crippen molar-refractivity contribution in [3.8, 4) is 6.07 Å². The Balaban J connectivity index is 2.85. The summed E-state index contributed by atoms with van der Waals surface area (Å²) in [4.78, 5) is 25.4. The Morgan fingerprint density at radius 1 is 1.45 bits per heavy atom. The number of amides is 1. The number of aliphatic carboxylic acids is 1. The van der Waals surface area contributed by atoms with Crippen LogP contribution in [-0.2, 0) is 9.59 Å². The third kappa shape index (κ3) is 4.76. The molecule has 0 radical (unpaired) electrons. The van der Waals surface area contributed by atoms with Gasteiger partial charge in [0.25, 0.3) is 5.91 Å². The first-order valence-corrected chi connectivity index (χ1v) is 7.82. The average Bonchev–Trinajstić information content (AvgIpc) is 2.49. The van der Waals surface area contributed by atoms with Gasteiger partial charge in [0, 0.05) is 18.8 Å². The molecular formula is C16H25N3O3. The highest BCUT2D eigenvalue weighted by atomic mass is 16.4. The third-order valence-corrected chi connectivity index (χ3v) is 4.02. The minimum atomic E-state index is -1.09. The maximum Gasteiger partial charge on any atom is 0.326 e. The van der Waals surface area contributed by atoms with Crippen molar-refractivity contribution in [3.05, 3.63) is 11.8 Å². The minimum Gasteiger partial charge on any atom is -0.480 e. The second kappa shape index (κ2) is 8.42. The number of nitriles is 1. The lowest BCUT2D eigenvalue weighted by Gasteiger charge is -2.34. The predicted octanol–water partition coefficient (Wildman–Crippen LogP) is 1.88. The number of nitrogens with one attached hydrogen (secondary N) is 1. The fraction of sp³-hybridized carbons (Fsp3) is 0.688. The molecule has 1 aliphatic heterocycles. The molecule has 2 unspecified atom stereocenters.